The molecule has 2 aliphatic heterocycles. The van der Waals surface area contributed by atoms with Gasteiger partial charge in [-0.2, -0.15) is 0 Å². The number of halogens is 1. The number of ether oxygens (including phenoxy) is 2. The Balaban J connectivity index is 1.08. The van der Waals surface area contributed by atoms with Crippen molar-refractivity contribution in [2.45, 2.75) is 32.1 Å². The normalized spacial score (nSPS) is 16.7. The van der Waals surface area contributed by atoms with Gasteiger partial charge in [0.25, 0.3) is 0 Å². The van der Waals surface area contributed by atoms with Crippen LogP contribution in [-0.2, 0) is 6.42 Å². The number of allylic oxidation sites excluding steroid dienone is 1. The van der Waals surface area contributed by atoms with Gasteiger partial charge in [-0.05, 0) is 67.3 Å². The van der Waals surface area contributed by atoms with E-state index in [-0.39, 0.29) is 12.6 Å². The van der Waals surface area contributed by atoms with Crippen molar-refractivity contribution in [2.24, 2.45) is 0 Å². The van der Waals surface area contributed by atoms with Crippen LogP contribution in [0.5, 0.6) is 11.5 Å². The molecule has 1 aliphatic carbocycles. The third-order valence-corrected chi connectivity index (χ3v) is 7.57. The van der Waals surface area contributed by atoms with Crippen LogP contribution < -0.4 is 14.4 Å². The number of imidazole rings is 1. The Morgan fingerprint density at radius 2 is 1.76 bits per heavy atom. The van der Waals surface area contributed by atoms with Gasteiger partial charge in [-0.1, -0.05) is 12.1 Å². The maximum Gasteiger partial charge on any atom is 0.231 e. The van der Waals surface area contributed by atoms with E-state index in [0.29, 0.717) is 5.92 Å². The molecule has 2 aromatic carbocycles. The monoisotopic (exact) mass is 495 g/mol. The van der Waals surface area contributed by atoms with Crippen LogP contribution in [-0.4, -0.2) is 39.8 Å². The molecule has 37 heavy (non-hydrogen) atoms. The molecule has 4 heterocycles. The molecule has 0 radical (unpaired) electrons. The smallest absolute Gasteiger partial charge is 0.231 e. The van der Waals surface area contributed by atoms with Gasteiger partial charge in [0.15, 0.2) is 11.5 Å². The number of benzene rings is 2. The number of piperidine rings is 1. The molecule has 186 valence electrons. The lowest BCUT2D eigenvalue weighted by molar-refractivity contribution is 0.174. The van der Waals surface area contributed by atoms with Gasteiger partial charge in [-0.15, -0.1) is 0 Å². The van der Waals surface area contributed by atoms with Crippen LogP contribution in [0.4, 0.5) is 10.2 Å². The SMILES string of the molecule is Cc1[nH]c(C2CCN(c3ncnc4c3C=C(c3ccc(F)cc3)C4)CC2)nc1-c1ccc2c(c1)OCO2. The van der Waals surface area contributed by atoms with Gasteiger partial charge in [0.2, 0.25) is 6.79 Å². The zero-order chi connectivity index (χ0) is 24.9. The van der Waals surface area contributed by atoms with E-state index in [4.69, 9.17) is 14.5 Å². The lowest BCUT2D eigenvalue weighted by atomic mass is 9.96. The van der Waals surface area contributed by atoms with Crippen molar-refractivity contribution in [3.63, 3.8) is 0 Å². The van der Waals surface area contributed by atoms with E-state index < -0.39 is 0 Å². The fourth-order valence-electron chi connectivity index (χ4n) is 5.58. The number of fused-ring (bicyclic) bond motifs is 2. The fourth-order valence-corrected chi connectivity index (χ4v) is 5.58. The summed E-state index contributed by atoms with van der Waals surface area (Å²) < 4.78 is 24.4. The summed E-state index contributed by atoms with van der Waals surface area (Å²) in [5.74, 6) is 3.70. The van der Waals surface area contributed by atoms with Crippen molar-refractivity contribution >= 4 is 17.5 Å². The quantitative estimate of drug-likeness (QED) is 0.402. The van der Waals surface area contributed by atoms with Crippen molar-refractivity contribution in [2.75, 3.05) is 24.8 Å². The molecule has 4 aromatic rings. The van der Waals surface area contributed by atoms with Crippen LogP contribution in [0, 0.1) is 12.7 Å². The average Bonchev–Trinajstić information content (AvgIpc) is 3.66. The van der Waals surface area contributed by atoms with Crippen LogP contribution in [0.2, 0.25) is 0 Å². The Kier molecular flexibility index (Phi) is 5.20. The predicted octanol–water partition coefficient (Wildman–Crippen LogP) is 5.52. The topological polar surface area (TPSA) is 76.2 Å². The Bertz CT molecular complexity index is 1520. The Labute approximate surface area is 214 Å². The second kappa shape index (κ2) is 8.73. The fraction of sp³-hybridized carbons (Fsp3) is 0.276. The molecule has 3 aliphatic rings. The molecule has 2 aromatic heterocycles. The molecule has 7 nitrogen and oxygen atoms in total. The first kappa shape index (κ1) is 22.0. The molecule has 1 N–H and O–H groups in total. The summed E-state index contributed by atoms with van der Waals surface area (Å²) >= 11 is 0. The highest BCUT2D eigenvalue weighted by atomic mass is 19.1. The summed E-state index contributed by atoms with van der Waals surface area (Å²) in [7, 11) is 0. The van der Waals surface area contributed by atoms with Gasteiger partial charge in [0, 0.05) is 42.2 Å². The van der Waals surface area contributed by atoms with Gasteiger partial charge in [-0.25, -0.2) is 19.3 Å². The number of H-pyrrole nitrogens is 1. The summed E-state index contributed by atoms with van der Waals surface area (Å²) in [4.78, 5) is 20.1. The molecule has 1 saturated heterocycles. The summed E-state index contributed by atoms with van der Waals surface area (Å²) in [6.07, 6.45) is 6.54. The molecule has 0 unspecified atom stereocenters. The van der Waals surface area contributed by atoms with Crippen LogP contribution in [0.1, 0.15) is 47.1 Å². The predicted molar refractivity (Wildman–Crippen MR) is 139 cm³/mol. The zero-order valence-electron chi connectivity index (χ0n) is 20.5. The minimum Gasteiger partial charge on any atom is -0.454 e. The second-order valence-corrected chi connectivity index (χ2v) is 9.84. The van der Waals surface area contributed by atoms with E-state index in [1.807, 2.05) is 30.3 Å². The molecule has 8 heteroatoms. The highest BCUT2D eigenvalue weighted by Gasteiger charge is 2.28. The molecule has 7 rings (SSSR count). The van der Waals surface area contributed by atoms with Crippen molar-refractivity contribution < 1.29 is 13.9 Å². The molecule has 0 spiro atoms. The lowest BCUT2D eigenvalue weighted by Gasteiger charge is -2.32. The molecular formula is C29H26FN5O2. The second-order valence-electron chi connectivity index (χ2n) is 9.84. The van der Waals surface area contributed by atoms with Crippen molar-refractivity contribution in [1.82, 2.24) is 19.9 Å². The number of nitrogens with zero attached hydrogens (tertiary/aromatic N) is 4. The summed E-state index contributed by atoms with van der Waals surface area (Å²) in [5.41, 5.74) is 7.33. The zero-order valence-corrected chi connectivity index (χ0v) is 20.5. The van der Waals surface area contributed by atoms with Crippen LogP contribution in [0.15, 0.2) is 48.8 Å². The van der Waals surface area contributed by atoms with E-state index in [9.17, 15) is 4.39 Å². The Hall–Kier alpha value is -4.20. The number of aromatic amines is 1. The third kappa shape index (κ3) is 3.93. The van der Waals surface area contributed by atoms with Gasteiger partial charge < -0.3 is 19.4 Å². The average molecular weight is 496 g/mol. The standard InChI is InChI=1S/C29H26FN5O2/c1-17-27(20-4-7-25-26(14-20)37-16-36-25)34-28(33-17)19-8-10-35(11-9-19)29-23-12-21(13-24(23)31-15-32-29)18-2-5-22(30)6-3-18/h2-7,12,14-15,19H,8-11,13,16H2,1H3,(H,33,34). The minimum absolute atomic E-state index is 0.224. The maximum atomic E-state index is 13.4. The van der Waals surface area contributed by atoms with E-state index in [1.165, 1.54) is 12.1 Å². The van der Waals surface area contributed by atoms with Crippen molar-refractivity contribution in [3.8, 4) is 22.8 Å². The van der Waals surface area contributed by atoms with Gasteiger partial charge in [0.05, 0.1) is 11.4 Å². The molecule has 0 bridgehead atoms. The summed E-state index contributed by atoms with van der Waals surface area (Å²) in [6, 6.07) is 12.6. The number of nitrogens with one attached hydrogen (secondary N) is 1. The maximum absolute atomic E-state index is 13.4. The highest BCUT2D eigenvalue weighted by Crippen LogP contribution is 2.39. The van der Waals surface area contributed by atoms with Crippen LogP contribution in [0.3, 0.4) is 0 Å². The van der Waals surface area contributed by atoms with Gasteiger partial charge in [-0.3, -0.25) is 0 Å². The first-order valence-electron chi connectivity index (χ1n) is 12.6. The molecule has 0 saturated carbocycles. The van der Waals surface area contributed by atoms with E-state index in [2.05, 4.69) is 32.9 Å². The van der Waals surface area contributed by atoms with Crippen LogP contribution >= 0.6 is 0 Å². The van der Waals surface area contributed by atoms with Crippen molar-refractivity contribution in [3.05, 3.63) is 82.9 Å². The van der Waals surface area contributed by atoms with Crippen molar-refractivity contribution in [1.29, 1.82) is 0 Å². The minimum atomic E-state index is -0.224. The van der Waals surface area contributed by atoms with E-state index >= 15 is 0 Å². The number of hydrogen-bond donors (Lipinski definition) is 1. The largest absolute Gasteiger partial charge is 0.454 e. The number of hydrogen-bond acceptors (Lipinski definition) is 6. The summed E-state index contributed by atoms with van der Waals surface area (Å²) in [6.45, 7) is 4.13. The highest BCUT2D eigenvalue weighted by molar-refractivity contribution is 5.91. The van der Waals surface area contributed by atoms with Gasteiger partial charge >= 0.3 is 0 Å². The van der Waals surface area contributed by atoms with E-state index in [1.54, 1.807) is 6.33 Å². The molecule has 1 fully saturated rings. The number of anilines is 1. The first-order valence-corrected chi connectivity index (χ1v) is 12.6. The Morgan fingerprint density at radius 3 is 2.59 bits per heavy atom. The lowest BCUT2D eigenvalue weighted by Crippen LogP contribution is -2.34. The van der Waals surface area contributed by atoms with E-state index in [0.717, 1.165) is 94.8 Å². The van der Waals surface area contributed by atoms with Crippen LogP contribution in [0.25, 0.3) is 22.9 Å². The van der Waals surface area contributed by atoms with Gasteiger partial charge in [0.1, 0.15) is 23.8 Å². The molecular weight excluding hydrogens is 469 g/mol. The Morgan fingerprint density at radius 1 is 0.973 bits per heavy atom. The third-order valence-electron chi connectivity index (χ3n) is 7.57. The number of rotatable bonds is 4. The molecule has 0 atom stereocenters. The summed E-state index contributed by atoms with van der Waals surface area (Å²) in [5, 5.41) is 0. The first-order chi connectivity index (χ1) is 18.1. The number of aryl methyl sites for hydroxylation is 1. The number of aromatic nitrogens is 4. The molecule has 0 amide bonds.